The maximum absolute atomic E-state index is 12.4. The molecule has 21 heavy (non-hydrogen) atoms. The van der Waals surface area contributed by atoms with Gasteiger partial charge in [-0.15, -0.1) is 0 Å². The molecule has 0 spiro atoms. The molecule has 0 aliphatic heterocycles. The van der Waals surface area contributed by atoms with E-state index in [1.807, 2.05) is 0 Å². The third-order valence-electron chi connectivity index (χ3n) is 2.98. The summed E-state index contributed by atoms with van der Waals surface area (Å²) in [5.41, 5.74) is 0.425. The predicted molar refractivity (Wildman–Crippen MR) is 76.6 cm³/mol. The van der Waals surface area contributed by atoms with Crippen LogP contribution in [-0.4, -0.2) is 11.3 Å². The van der Waals surface area contributed by atoms with Crippen LogP contribution in [0.3, 0.4) is 0 Å². The van der Waals surface area contributed by atoms with E-state index in [-0.39, 0.29) is 16.9 Å². The van der Waals surface area contributed by atoms with Crippen molar-refractivity contribution in [3.05, 3.63) is 64.8 Å². The molecule has 1 aromatic heterocycles. The lowest BCUT2D eigenvalue weighted by Crippen LogP contribution is -2.14. The van der Waals surface area contributed by atoms with Crippen molar-refractivity contribution in [1.82, 2.24) is 0 Å². The SMILES string of the molecule is O=C(O)Oc1c(-c2ccccc2)oc2ccccc2c1=O. The molecule has 0 saturated heterocycles. The van der Waals surface area contributed by atoms with Gasteiger partial charge in [0.15, 0.2) is 5.76 Å². The molecular formula is C16H10O5. The van der Waals surface area contributed by atoms with E-state index in [0.717, 1.165) is 0 Å². The Hall–Kier alpha value is -3.08. The molecule has 1 heterocycles. The van der Waals surface area contributed by atoms with Crippen LogP contribution >= 0.6 is 0 Å². The zero-order chi connectivity index (χ0) is 14.8. The summed E-state index contributed by atoms with van der Waals surface area (Å²) >= 11 is 0. The number of hydrogen-bond acceptors (Lipinski definition) is 4. The van der Waals surface area contributed by atoms with Gasteiger partial charge in [0.1, 0.15) is 5.58 Å². The van der Waals surface area contributed by atoms with E-state index < -0.39 is 11.6 Å². The third kappa shape index (κ3) is 2.36. The van der Waals surface area contributed by atoms with Gasteiger partial charge in [0.25, 0.3) is 0 Å². The van der Waals surface area contributed by atoms with E-state index in [4.69, 9.17) is 9.52 Å². The molecule has 0 aliphatic rings. The van der Waals surface area contributed by atoms with Gasteiger partial charge in [-0.2, -0.15) is 0 Å². The van der Waals surface area contributed by atoms with Crippen molar-refractivity contribution in [1.29, 1.82) is 0 Å². The number of carboxylic acid groups (broad SMARTS) is 1. The van der Waals surface area contributed by atoms with E-state index in [1.165, 1.54) is 0 Å². The summed E-state index contributed by atoms with van der Waals surface area (Å²) in [6, 6.07) is 15.4. The van der Waals surface area contributed by atoms with Crippen LogP contribution in [0.4, 0.5) is 4.79 Å². The molecule has 104 valence electrons. The van der Waals surface area contributed by atoms with Crippen LogP contribution in [0.15, 0.2) is 63.8 Å². The third-order valence-corrected chi connectivity index (χ3v) is 2.98. The van der Waals surface area contributed by atoms with E-state index in [9.17, 15) is 9.59 Å². The molecule has 0 radical (unpaired) electrons. The molecule has 0 atom stereocenters. The second kappa shape index (κ2) is 5.13. The van der Waals surface area contributed by atoms with Gasteiger partial charge in [0.05, 0.1) is 5.39 Å². The lowest BCUT2D eigenvalue weighted by molar-refractivity contribution is 0.143. The maximum Gasteiger partial charge on any atom is 0.511 e. The minimum absolute atomic E-state index is 0.0988. The van der Waals surface area contributed by atoms with E-state index in [0.29, 0.717) is 11.1 Å². The molecule has 2 aromatic carbocycles. The first-order valence-corrected chi connectivity index (χ1v) is 6.19. The Bertz CT molecular complexity index is 865. The summed E-state index contributed by atoms with van der Waals surface area (Å²) in [4.78, 5) is 23.2. The monoisotopic (exact) mass is 282 g/mol. The Morgan fingerprint density at radius 1 is 1.00 bits per heavy atom. The lowest BCUT2D eigenvalue weighted by atomic mass is 10.1. The van der Waals surface area contributed by atoms with Crippen molar-refractivity contribution in [2.75, 3.05) is 0 Å². The van der Waals surface area contributed by atoms with Gasteiger partial charge in [-0.25, -0.2) is 4.79 Å². The highest BCUT2D eigenvalue weighted by atomic mass is 16.7. The van der Waals surface area contributed by atoms with Crippen molar-refractivity contribution < 1.29 is 19.1 Å². The normalized spacial score (nSPS) is 10.5. The predicted octanol–water partition coefficient (Wildman–Crippen LogP) is 3.52. The summed E-state index contributed by atoms with van der Waals surface area (Å²) in [5.74, 6) is -0.228. The summed E-state index contributed by atoms with van der Waals surface area (Å²) < 4.78 is 10.3. The molecule has 0 bridgehead atoms. The van der Waals surface area contributed by atoms with Gasteiger partial charge in [-0.1, -0.05) is 42.5 Å². The number of hydrogen-bond donors (Lipinski definition) is 1. The van der Waals surface area contributed by atoms with Crippen molar-refractivity contribution in [2.24, 2.45) is 0 Å². The molecular weight excluding hydrogens is 272 g/mol. The average Bonchev–Trinajstić information content (AvgIpc) is 2.50. The van der Waals surface area contributed by atoms with Crippen LogP contribution < -0.4 is 10.2 Å². The highest BCUT2D eigenvalue weighted by Gasteiger charge is 2.19. The smallest absolute Gasteiger partial charge is 0.452 e. The largest absolute Gasteiger partial charge is 0.511 e. The van der Waals surface area contributed by atoms with Crippen LogP contribution in [0.1, 0.15) is 0 Å². The van der Waals surface area contributed by atoms with Crippen LogP contribution in [0.2, 0.25) is 0 Å². The van der Waals surface area contributed by atoms with Crippen LogP contribution in [0.25, 0.3) is 22.3 Å². The van der Waals surface area contributed by atoms with Gasteiger partial charge in [0.2, 0.25) is 11.2 Å². The van der Waals surface area contributed by atoms with E-state index >= 15 is 0 Å². The second-order valence-electron chi connectivity index (χ2n) is 4.32. The molecule has 0 aliphatic carbocycles. The number of carbonyl (C=O) groups is 1. The quantitative estimate of drug-likeness (QED) is 0.728. The lowest BCUT2D eigenvalue weighted by Gasteiger charge is -2.08. The number of para-hydroxylation sites is 1. The van der Waals surface area contributed by atoms with Gasteiger partial charge in [-0.3, -0.25) is 4.79 Å². The highest BCUT2D eigenvalue weighted by Crippen LogP contribution is 2.30. The van der Waals surface area contributed by atoms with Gasteiger partial charge >= 0.3 is 6.16 Å². The molecule has 1 N–H and O–H groups in total. The topological polar surface area (TPSA) is 76.7 Å². The number of benzene rings is 2. The standard InChI is InChI=1S/C16H10O5/c17-13-11-8-4-5-9-12(11)20-14(15(13)21-16(18)19)10-6-2-1-3-7-10/h1-9H,(H,18,19). The Morgan fingerprint density at radius 3 is 2.38 bits per heavy atom. The maximum atomic E-state index is 12.4. The van der Waals surface area contributed by atoms with Crippen molar-refractivity contribution >= 4 is 17.1 Å². The first-order valence-electron chi connectivity index (χ1n) is 6.19. The van der Waals surface area contributed by atoms with Crippen LogP contribution in [0, 0.1) is 0 Å². The Balaban J connectivity index is 2.36. The fraction of sp³-hybridized carbons (Fsp3) is 0. The van der Waals surface area contributed by atoms with E-state index in [1.54, 1.807) is 54.6 Å². The Morgan fingerprint density at radius 2 is 1.67 bits per heavy atom. The molecule has 3 rings (SSSR count). The number of fused-ring (bicyclic) bond motifs is 1. The minimum Gasteiger partial charge on any atom is -0.452 e. The van der Waals surface area contributed by atoms with Crippen molar-refractivity contribution in [3.8, 4) is 17.1 Å². The Kier molecular flexibility index (Phi) is 3.16. The summed E-state index contributed by atoms with van der Waals surface area (Å²) in [6.45, 7) is 0. The summed E-state index contributed by atoms with van der Waals surface area (Å²) in [6.07, 6.45) is -1.56. The fourth-order valence-corrected chi connectivity index (χ4v) is 2.08. The molecule has 0 saturated carbocycles. The molecule has 0 amide bonds. The zero-order valence-electron chi connectivity index (χ0n) is 10.8. The molecule has 5 nitrogen and oxygen atoms in total. The van der Waals surface area contributed by atoms with Gasteiger partial charge in [-0.05, 0) is 12.1 Å². The van der Waals surface area contributed by atoms with Crippen molar-refractivity contribution in [3.63, 3.8) is 0 Å². The highest BCUT2D eigenvalue weighted by molar-refractivity contribution is 5.83. The van der Waals surface area contributed by atoms with Gasteiger partial charge < -0.3 is 14.3 Å². The first kappa shape index (κ1) is 12.9. The molecule has 3 aromatic rings. The molecule has 0 fully saturated rings. The minimum atomic E-state index is -1.56. The van der Waals surface area contributed by atoms with Crippen molar-refractivity contribution in [2.45, 2.75) is 0 Å². The second-order valence-corrected chi connectivity index (χ2v) is 4.32. The van der Waals surface area contributed by atoms with Crippen LogP contribution in [-0.2, 0) is 0 Å². The average molecular weight is 282 g/mol. The zero-order valence-corrected chi connectivity index (χ0v) is 10.8. The number of rotatable bonds is 2. The summed E-state index contributed by atoms with van der Waals surface area (Å²) in [5, 5.41) is 9.10. The Labute approximate surface area is 119 Å². The number of ether oxygens (including phenoxy) is 1. The van der Waals surface area contributed by atoms with Gasteiger partial charge in [0, 0.05) is 5.56 Å². The van der Waals surface area contributed by atoms with E-state index in [2.05, 4.69) is 4.74 Å². The first-order chi connectivity index (χ1) is 10.2. The molecule has 5 heteroatoms. The molecule has 0 unspecified atom stereocenters. The summed E-state index contributed by atoms with van der Waals surface area (Å²) in [7, 11) is 0. The fourth-order valence-electron chi connectivity index (χ4n) is 2.08. The van der Waals surface area contributed by atoms with Crippen LogP contribution in [0.5, 0.6) is 5.75 Å².